The van der Waals surface area contributed by atoms with Gasteiger partial charge in [0, 0.05) is 16.2 Å². The van der Waals surface area contributed by atoms with Gasteiger partial charge < -0.3 is 10.1 Å². The normalized spacial score (nSPS) is 13.0. The van der Waals surface area contributed by atoms with Gasteiger partial charge in [-0.3, -0.25) is 0 Å². The van der Waals surface area contributed by atoms with Crippen LogP contribution < -0.4 is 5.32 Å². The molecule has 0 amide bonds. The van der Waals surface area contributed by atoms with Gasteiger partial charge in [0.15, 0.2) is 0 Å². The molecule has 1 N–H and O–H groups in total. The second kappa shape index (κ2) is 6.98. The quantitative estimate of drug-likeness (QED) is 0.771. The van der Waals surface area contributed by atoms with Crippen molar-refractivity contribution in [2.75, 3.05) is 19.8 Å². The van der Waals surface area contributed by atoms with E-state index < -0.39 is 0 Å². The second-order valence-corrected chi connectivity index (χ2v) is 5.63. The number of halogens is 1. The number of thiophene rings is 1. The molecule has 1 aromatic carbocycles. The van der Waals surface area contributed by atoms with Gasteiger partial charge in [-0.1, -0.05) is 13.8 Å². The largest absolute Gasteiger partial charge is 0.379 e. The highest BCUT2D eigenvalue weighted by Gasteiger charge is 2.14. The van der Waals surface area contributed by atoms with Crippen LogP contribution in [-0.2, 0) is 4.74 Å². The molecule has 0 saturated carbocycles. The Labute approximate surface area is 117 Å². The summed E-state index contributed by atoms with van der Waals surface area (Å²) in [6.45, 7) is 6.52. The van der Waals surface area contributed by atoms with Crippen molar-refractivity contribution in [2.24, 2.45) is 0 Å². The summed E-state index contributed by atoms with van der Waals surface area (Å²) < 4.78 is 20.0. The van der Waals surface area contributed by atoms with Gasteiger partial charge in [-0.15, -0.1) is 11.3 Å². The van der Waals surface area contributed by atoms with Crippen molar-refractivity contribution >= 4 is 21.4 Å². The van der Waals surface area contributed by atoms with Crippen LogP contribution in [0.15, 0.2) is 24.3 Å². The number of hydrogen-bond acceptors (Lipinski definition) is 3. The van der Waals surface area contributed by atoms with Crippen molar-refractivity contribution < 1.29 is 9.13 Å². The molecule has 4 heteroatoms. The third-order valence-corrected chi connectivity index (χ3v) is 4.15. The maximum atomic E-state index is 13.2. The van der Waals surface area contributed by atoms with Crippen LogP contribution in [0.2, 0.25) is 0 Å². The summed E-state index contributed by atoms with van der Waals surface area (Å²) in [5.41, 5.74) is 0. The monoisotopic (exact) mass is 281 g/mol. The van der Waals surface area contributed by atoms with Gasteiger partial charge in [-0.05, 0) is 42.6 Å². The zero-order valence-corrected chi connectivity index (χ0v) is 12.2. The summed E-state index contributed by atoms with van der Waals surface area (Å²) in [4.78, 5) is 1.21. The van der Waals surface area contributed by atoms with Crippen LogP contribution in [0, 0.1) is 5.82 Å². The molecular formula is C15H20FNOS. The lowest BCUT2D eigenvalue weighted by atomic mass is 10.2. The van der Waals surface area contributed by atoms with E-state index >= 15 is 0 Å². The van der Waals surface area contributed by atoms with E-state index in [0.717, 1.165) is 29.7 Å². The van der Waals surface area contributed by atoms with Crippen LogP contribution in [0.5, 0.6) is 0 Å². The molecule has 1 atom stereocenters. The fourth-order valence-electron chi connectivity index (χ4n) is 2.04. The lowest BCUT2D eigenvalue weighted by molar-refractivity contribution is 0.113. The van der Waals surface area contributed by atoms with Crippen molar-refractivity contribution in [3.8, 4) is 0 Å². The van der Waals surface area contributed by atoms with Gasteiger partial charge >= 0.3 is 0 Å². The Kier molecular flexibility index (Phi) is 5.31. The van der Waals surface area contributed by atoms with Crippen LogP contribution in [0.3, 0.4) is 0 Å². The topological polar surface area (TPSA) is 21.3 Å². The highest BCUT2D eigenvalue weighted by Crippen LogP contribution is 2.30. The Hall–Kier alpha value is -0.970. The molecule has 0 radical (unpaired) electrons. The number of ether oxygens (including phenoxy) is 1. The van der Waals surface area contributed by atoms with E-state index in [1.807, 2.05) is 6.07 Å². The molecule has 2 nitrogen and oxygen atoms in total. The van der Waals surface area contributed by atoms with Gasteiger partial charge in [0.2, 0.25) is 0 Å². The zero-order chi connectivity index (χ0) is 13.7. The molecule has 0 aliphatic carbocycles. The van der Waals surface area contributed by atoms with Crippen LogP contribution in [0.25, 0.3) is 10.1 Å². The standard InChI is InChI=1S/C15H20FNOS/c1-3-7-18-10-13(17-4-2)15-9-11-8-12(16)5-6-14(11)19-15/h5-6,8-9,13,17H,3-4,7,10H2,1-2H3. The number of fused-ring (bicyclic) bond motifs is 1. The van der Waals surface area contributed by atoms with Crippen molar-refractivity contribution in [3.63, 3.8) is 0 Å². The zero-order valence-electron chi connectivity index (χ0n) is 11.4. The highest BCUT2D eigenvalue weighted by atomic mass is 32.1. The number of nitrogens with one attached hydrogen (secondary N) is 1. The number of rotatable bonds is 7. The Bertz CT molecular complexity index is 526. The molecule has 2 aromatic rings. The summed E-state index contributed by atoms with van der Waals surface area (Å²) in [5, 5.41) is 4.40. The molecule has 2 rings (SSSR count). The van der Waals surface area contributed by atoms with E-state index in [-0.39, 0.29) is 11.9 Å². The Balaban J connectivity index is 2.17. The van der Waals surface area contributed by atoms with Crippen LogP contribution in [0.4, 0.5) is 4.39 Å². The van der Waals surface area contributed by atoms with Gasteiger partial charge in [-0.25, -0.2) is 4.39 Å². The average Bonchev–Trinajstić information content (AvgIpc) is 2.80. The smallest absolute Gasteiger partial charge is 0.123 e. The first-order valence-corrected chi connectivity index (χ1v) is 7.56. The third kappa shape index (κ3) is 3.75. The lowest BCUT2D eigenvalue weighted by Gasteiger charge is -2.16. The minimum absolute atomic E-state index is 0.181. The van der Waals surface area contributed by atoms with Crippen LogP contribution in [0.1, 0.15) is 31.2 Å². The SMILES string of the molecule is CCCOCC(NCC)c1cc2cc(F)ccc2s1. The van der Waals surface area contributed by atoms with E-state index in [0.29, 0.717) is 6.61 Å². The van der Waals surface area contributed by atoms with E-state index in [2.05, 4.69) is 25.2 Å². The van der Waals surface area contributed by atoms with Crippen LogP contribution in [-0.4, -0.2) is 19.8 Å². The Morgan fingerprint density at radius 3 is 2.89 bits per heavy atom. The number of likely N-dealkylation sites (N-methyl/N-ethyl adjacent to an activating group) is 1. The average molecular weight is 281 g/mol. The first-order valence-electron chi connectivity index (χ1n) is 6.74. The van der Waals surface area contributed by atoms with E-state index in [9.17, 15) is 4.39 Å². The molecule has 104 valence electrons. The van der Waals surface area contributed by atoms with E-state index in [1.165, 1.54) is 10.9 Å². The van der Waals surface area contributed by atoms with Crippen molar-refractivity contribution in [3.05, 3.63) is 35.0 Å². The van der Waals surface area contributed by atoms with Crippen molar-refractivity contribution in [1.29, 1.82) is 0 Å². The lowest BCUT2D eigenvalue weighted by Crippen LogP contribution is -2.24. The molecule has 0 saturated heterocycles. The summed E-state index contributed by atoms with van der Waals surface area (Å²) in [6, 6.07) is 7.20. The molecular weight excluding hydrogens is 261 g/mol. The minimum Gasteiger partial charge on any atom is -0.379 e. The third-order valence-electron chi connectivity index (χ3n) is 2.92. The van der Waals surface area contributed by atoms with E-state index in [4.69, 9.17) is 4.74 Å². The van der Waals surface area contributed by atoms with Gasteiger partial charge in [0.05, 0.1) is 12.6 Å². The predicted octanol–water partition coefficient (Wildman–Crippen LogP) is 4.12. The van der Waals surface area contributed by atoms with Crippen LogP contribution >= 0.6 is 11.3 Å². The molecule has 0 aliphatic heterocycles. The summed E-state index contributed by atoms with van der Waals surface area (Å²) >= 11 is 1.70. The molecule has 1 aromatic heterocycles. The van der Waals surface area contributed by atoms with Crippen molar-refractivity contribution in [1.82, 2.24) is 5.32 Å². The highest BCUT2D eigenvalue weighted by molar-refractivity contribution is 7.19. The van der Waals surface area contributed by atoms with E-state index in [1.54, 1.807) is 17.4 Å². The number of hydrogen-bond donors (Lipinski definition) is 1. The van der Waals surface area contributed by atoms with Crippen molar-refractivity contribution in [2.45, 2.75) is 26.3 Å². The summed E-state index contributed by atoms with van der Waals surface area (Å²) in [7, 11) is 0. The van der Waals surface area contributed by atoms with Gasteiger partial charge in [-0.2, -0.15) is 0 Å². The predicted molar refractivity (Wildman–Crippen MR) is 79.3 cm³/mol. The molecule has 0 spiro atoms. The Morgan fingerprint density at radius 1 is 1.32 bits per heavy atom. The number of benzene rings is 1. The molecule has 0 bridgehead atoms. The molecule has 1 heterocycles. The Morgan fingerprint density at radius 2 is 2.16 bits per heavy atom. The summed E-state index contributed by atoms with van der Waals surface area (Å²) in [6.07, 6.45) is 1.02. The van der Waals surface area contributed by atoms with Gasteiger partial charge in [0.1, 0.15) is 5.82 Å². The van der Waals surface area contributed by atoms with Gasteiger partial charge in [0.25, 0.3) is 0 Å². The summed E-state index contributed by atoms with van der Waals surface area (Å²) in [5.74, 6) is -0.181. The molecule has 0 aliphatic rings. The maximum absolute atomic E-state index is 13.2. The first-order chi connectivity index (χ1) is 9.24. The fraction of sp³-hybridized carbons (Fsp3) is 0.467. The maximum Gasteiger partial charge on any atom is 0.123 e. The molecule has 1 unspecified atom stereocenters. The fourth-order valence-corrected chi connectivity index (χ4v) is 3.15. The molecule has 0 fully saturated rings. The minimum atomic E-state index is -0.181. The second-order valence-electron chi connectivity index (χ2n) is 4.52. The first kappa shape index (κ1) is 14.4. The molecule has 19 heavy (non-hydrogen) atoms.